The fourth-order valence-electron chi connectivity index (χ4n) is 1.40. The van der Waals surface area contributed by atoms with Gasteiger partial charge in [-0.25, -0.2) is 4.68 Å². The molecule has 1 N–H and O–H groups in total. The lowest BCUT2D eigenvalue weighted by atomic mass is 10.2. The molecule has 86 valence electrons. The smallest absolute Gasteiger partial charge is 0.277 e. The van der Waals surface area contributed by atoms with Gasteiger partial charge in [-0.05, 0) is 24.3 Å². The van der Waals surface area contributed by atoms with Crippen LogP contribution in [0.15, 0.2) is 35.6 Å². The summed E-state index contributed by atoms with van der Waals surface area (Å²) < 4.78 is 1.14. The van der Waals surface area contributed by atoms with Crippen molar-refractivity contribution < 1.29 is 4.79 Å². The molecular weight excluding hydrogens is 220 g/mol. The lowest BCUT2D eigenvalue weighted by Gasteiger charge is -2.03. The van der Waals surface area contributed by atoms with Crippen LogP contribution in [-0.2, 0) is 11.8 Å². The van der Waals surface area contributed by atoms with Crippen LogP contribution in [0.2, 0.25) is 0 Å². The predicted octanol–water partition coefficient (Wildman–Crippen LogP) is 0.453. The van der Waals surface area contributed by atoms with Crippen molar-refractivity contribution in [2.75, 3.05) is 5.32 Å². The zero-order chi connectivity index (χ0) is 12.4. The van der Waals surface area contributed by atoms with Crippen LogP contribution in [0.3, 0.4) is 0 Å². The van der Waals surface area contributed by atoms with E-state index in [4.69, 9.17) is 0 Å². The highest BCUT2D eigenvalue weighted by molar-refractivity contribution is 6.00. The summed E-state index contributed by atoms with van der Waals surface area (Å²) in [5.74, 6) is -0.330. The number of hydrogen-bond acceptors (Lipinski definition) is 4. The Kier molecular flexibility index (Phi) is 2.70. The third-order valence-electron chi connectivity index (χ3n) is 2.26. The number of rotatable bonds is 2. The fraction of sp³-hybridized carbons (Fsp3) is 0.0909. The summed E-state index contributed by atoms with van der Waals surface area (Å²) in [4.78, 5) is 22.9. The average molecular weight is 230 g/mol. The van der Waals surface area contributed by atoms with Gasteiger partial charge >= 0.3 is 0 Å². The van der Waals surface area contributed by atoms with Gasteiger partial charge in [-0.1, -0.05) is 11.8 Å². The molecule has 17 heavy (non-hydrogen) atoms. The number of hydrogen-bond donors (Lipinski definition) is 1. The monoisotopic (exact) mass is 230 g/mol. The molecule has 0 fully saturated rings. The first-order valence-corrected chi connectivity index (χ1v) is 4.89. The van der Waals surface area contributed by atoms with Gasteiger partial charge in [-0.3, -0.25) is 9.59 Å². The van der Waals surface area contributed by atoms with Crippen LogP contribution >= 0.6 is 0 Å². The summed E-state index contributed by atoms with van der Waals surface area (Å²) in [7, 11) is 1.52. The molecule has 0 spiro atoms. The van der Waals surface area contributed by atoms with Gasteiger partial charge in [-0.15, -0.1) is 5.10 Å². The van der Waals surface area contributed by atoms with Crippen molar-refractivity contribution in [2.45, 2.75) is 0 Å². The first kappa shape index (κ1) is 11.0. The van der Waals surface area contributed by atoms with E-state index in [0.717, 1.165) is 10.8 Å². The first-order chi connectivity index (χ1) is 8.11. The molecule has 0 aliphatic carbocycles. The van der Waals surface area contributed by atoms with Crippen molar-refractivity contribution in [1.29, 1.82) is 0 Å². The summed E-state index contributed by atoms with van der Waals surface area (Å²) in [6.07, 6.45) is 1.16. The molecule has 0 radical (unpaired) electrons. The number of nitrogens with zero attached hydrogens (tertiary/aromatic N) is 3. The van der Waals surface area contributed by atoms with E-state index in [1.54, 1.807) is 18.2 Å². The van der Waals surface area contributed by atoms with E-state index in [0.29, 0.717) is 16.6 Å². The van der Waals surface area contributed by atoms with E-state index in [-0.39, 0.29) is 11.5 Å². The molecule has 0 bridgehead atoms. The van der Waals surface area contributed by atoms with E-state index in [9.17, 15) is 9.59 Å². The molecule has 1 aromatic carbocycles. The lowest BCUT2D eigenvalue weighted by Crippen LogP contribution is -2.21. The van der Waals surface area contributed by atoms with Crippen LogP contribution in [0.5, 0.6) is 0 Å². The highest BCUT2D eigenvalue weighted by atomic mass is 16.1. The number of aromatic nitrogens is 3. The third kappa shape index (κ3) is 2.05. The summed E-state index contributed by atoms with van der Waals surface area (Å²) in [6.45, 7) is 3.35. The summed E-state index contributed by atoms with van der Waals surface area (Å²) in [5.41, 5.74) is 0.752. The van der Waals surface area contributed by atoms with Gasteiger partial charge < -0.3 is 5.32 Å². The van der Waals surface area contributed by atoms with Crippen molar-refractivity contribution in [3.8, 4) is 0 Å². The Hall–Kier alpha value is -2.50. The molecule has 0 saturated carbocycles. The number of carbonyl (C=O) groups is 1. The Bertz CT molecular complexity index is 660. The van der Waals surface area contributed by atoms with Gasteiger partial charge in [0.05, 0.1) is 5.39 Å². The molecule has 0 atom stereocenters. The molecule has 0 aliphatic rings. The van der Waals surface area contributed by atoms with E-state index in [1.165, 1.54) is 7.05 Å². The second kappa shape index (κ2) is 4.17. The van der Waals surface area contributed by atoms with E-state index in [2.05, 4.69) is 22.2 Å². The van der Waals surface area contributed by atoms with Gasteiger partial charge in [0.2, 0.25) is 5.91 Å². The maximum absolute atomic E-state index is 11.8. The molecule has 0 unspecified atom stereocenters. The van der Waals surface area contributed by atoms with Crippen LogP contribution in [0.25, 0.3) is 10.9 Å². The second-order valence-corrected chi connectivity index (χ2v) is 3.44. The summed E-state index contributed by atoms with van der Waals surface area (Å²) >= 11 is 0. The van der Waals surface area contributed by atoms with E-state index >= 15 is 0 Å². The van der Waals surface area contributed by atoms with E-state index in [1.807, 2.05) is 0 Å². The standard InChI is InChI=1S/C11H10N4O2/c1-3-10(16)12-7-4-5-9-8(6-7)11(17)15(2)14-13-9/h3-6H,1H2,2H3,(H,12,16). The molecular formula is C11H10N4O2. The lowest BCUT2D eigenvalue weighted by molar-refractivity contribution is -0.111. The Morgan fingerprint density at radius 3 is 3.00 bits per heavy atom. The Morgan fingerprint density at radius 2 is 2.29 bits per heavy atom. The van der Waals surface area contributed by atoms with Crippen LogP contribution < -0.4 is 10.9 Å². The molecule has 1 heterocycles. The summed E-state index contributed by atoms with van der Waals surface area (Å²) in [5, 5.41) is 10.5. The van der Waals surface area contributed by atoms with Gasteiger partial charge in [-0.2, -0.15) is 0 Å². The van der Waals surface area contributed by atoms with Crippen molar-refractivity contribution in [2.24, 2.45) is 7.05 Å². The zero-order valence-corrected chi connectivity index (χ0v) is 9.17. The second-order valence-electron chi connectivity index (χ2n) is 3.44. The van der Waals surface area contributed by atoms with Crippen LogP contribution in [0.1, 0.15) is 0 Å². The minimum Gasteiger partial charge on any atom is -0.323 e. The quantitative estimate of drug-likeness (QED) is 0.760. The summed E-state index contributed by atoms with van der Waals surface area (Å²) in [6, 6.07) is 4.84. The third-order valence-corrected chi connectivity index (χ3v) is 2.26. The number of carbonyl (C=O) groups excluding carboxylic acids is 1. The minimum atomic E-state index is -0.330. The molecule has 6 nitrogen and oxygen atoms in total. The van der Waals surface area contributed by atoms with Gasteiger partial charge in [0.1, 0.15) is 5.52 Å². The predicted molar refractivity (Wildman–Crippen MR) is 63.6 cm³/mol. The zero-order valence-electron chi connectivity index (χ0n) is 9.17. The number of nitrogens with one attached hydrogen (secondary N) is 1. The molecule has 0 saturated heterocycles. The molecule has 1 amide bonds. The molecule has 1 aromatic heterocycles. The molecule has 2 aromatic rings. The Morgan fingerprint density at radius 1 is 1.53 bits per heavy atom. The SMILES string of the molecule is C=CC(=O)Nc1ccc2nnn(C)c(=O)c2c1. The average Bonchev–Trinajstić information content (AvgIpc) is 2.34. The molecule has 6 heteroatoms. The maximum Gasteiger partial charge on any atom is 0.277 e. The largest absolute Gasteiger partial charge is 0.323 e. The maximum atomic E-state index is 11.8. The molecule has 2 rings (SSSR count). The van der Waals surface area contributed by atoms with Crippen molar-refractivity contribution in [3.05, 3.63) is 41.2 Å². The number of amides is 1. The topological polar surface area (TPSA) is 76.9 Å². The fourth-order valence-corrected chi connectivity index (χ4v) is 1.40. The number of anilines is 1. The van der Waals surface area contributed by atoms with Crippen LogP contribution in [0, 0.1) is 0 Å². The normalized spacial score (nSPS) is 10.2. The number of benzene rings is 1. The minimum absolute atomic E-state index is 0.260. The number of aryl methyl sites for hydroxylation is 1. The highest BCUT2D eigenvalue weighted by Gasteiger charge is 2.05. The van der Waals surface area contributed by atoms with Crippen molar-refractivity contribution >= 4 is 22.5 Å². The van der Waals surface area contributed by atoms with Gasteiger partial charge in [0.15, 0.2) is 0 Å². The van der Waals surface area contributed by atoms with E-state index < -0.39 is 0 Å². The van der Waals surface area contributed by atoms with Gasteiger partial charge in [0.25, 0.3) is 5.56 Å². The Labute approximate surface area is 96.6 Å². The highest BCUT2D eigenvalue weighted by Crippen LogP contribution is 2.13. The van der Waals surface area contributed by atoms with Crippen molar-refractivity contribution in [1.82, 2.24) is 15.0 Å². The van der Waals surface area contributed by atoms with Crippen LogP contribution in [-0.4, -0.2) is 20.9 Å². The first-order valence-electron chi connectivity index (χ1n) is 4.89. The Balaban J connectivity index is 2.56. The molecule has 0 aliphatic heterocycles. The van der Waals surface area contributed by atoms with Gasteiger partial charge in [0, 0.05) is 12.7 Å². The van der Waals surface area contributed by atoms with Crippen molar-refractivity contribution in [3.63, 3.8) is 0 Å². The van der Waals surface area contributed by atoms with Crippen LogP contribution in [0.4, 0.5) is 5.69 Å². The number of fused-ring (bicyclic) bond motifs is 1.